The van der Waals surface area contributed by atoms with E-state index in [0.29, 0.717) is 4.91 Å². The van der Waals surface area contributed by atoms with Crippen molar-refractivity contribution in [1.29, 1.82) is 0 Å². The number of thioether (sulfide) groups is 1. The number of nitrogens with zero attached hydrogens (tertiary/aromatic N) is 1. The van der Waals surface area contributed by atoms with Crippen molar-refractivity contribution in [3.8, 4) is 0 Å². The van der Waals surface area contributed by atoms with Crippen molar-refractivity contribution in [3.05, 3.63) is 70.1 Å². The van der Waals surface area contributed by atoms with Crippen LogP contribution in [0.4, 0.5) is 0 Å². The number of amides is 1. The summed E-state index contributed by atoms with van der Waals surface area (Å²) in [5.74, 6) is -0.410. The Hall–Kier alpha value is -1.50. The topological polar surface area (TPSA) is 38.7 Å². The standard InChI is InChI=1S/C17H14BrNO2S2/c1-12-3-7-15(8-4-12)22-13(2)17(20)19-11-21-23-16-9-5-14(18)6-10-16/h3-11H,2H2,1H3. The molecule has 0 aliphatic heterocycles. The number of aliphatic imine (C=N–C) groups is 1. The Morgan fingerprint density at radius 3 is 2.39 bits per heavy atom. The summed E-state index contributed by atoms with van der Waals surface area (Å²) in [6.45, 7) is 5.76. The number of carbonyl (C=O) groups is 1. The van der Waals surface area contributed by atoms with Gasteiger partial charge in [-0.2, -0.15) is 4.99 Å². The smallest absolute Gasteiger partial charge is 0.285 e. The average Bonchev–Trinajstić information content (AvgIpc) is 2.55. The van der Waals surface area contributed by atoms with Crippen LogP contribution in [0, 0.1) is 6.92 Å². The molecule has 0 heterocycles. The Bertz CT molecular complexity index is 712. The van der Waals surface area contributed by atoms with Crippen molar-refractivity contribution in [2.24, 2.45) is 4.99 Å². The van der Waals surface area contributed by atoms with Gasteiger partial charge < -0.3 is 4.18 Å². The van der Waals surface area contributed by atoms with Gasteiger partial charge in [-0.25, -0.2) is 0 Å². The van der Waals surface area contributed by atoms with Gasteiger partial charge in [0.2, 0.25) is 0 Å². The molecule has 0 saturated heterocycles. The van der Waals surface area contributed by atoms with Gasteiger partial charge in [0.1, 0.15) is 0 Å². The van der Waals surface area contributed by atoms with Gasteiger partial charge in [0.15, 0.2) is 6.40 Å². The van der Waals surface area contributed by atoms with E-state index >= 15 is 0 Å². The lowest BCUT2D eigenvalue weighted by Gasteiger charge is -2.02. The molecule has 0 spiro atoms. The first-order valence-corrected chi connectivity index (χ1v) is 8.99. The molecule has 2 aromatic carbocycles. The van der Waals surface area contributed by atoms with Crippen LogP contribution in [0.5, 0.6) is 0 Å². The van der Waals surface area contributed by atoms with Crippen LogP contribution in [0.3, 0.4) is 0 Å². The zero-order valence-corrected chi connectivity index (χ0v) is 15.6. The number of benzene rings is 2. The number of hydrogen-bond acceptors (Lipinski definition) is 4. The van der Waals surface area contributed by atoms with Crippen LogP contribution in [0.1, 0.15) is 5.56 Å². The van der Waals surface area contributed by atoms with Crippen LogP contribution in [0.15, 0.2) is 79.3 Å². The number of rotatable bonds is 6. The molecule has 0 bridgehead atoms. The van der Waals surface area contributed by atoms with Crippen molar-refractivity contribution < 1.29 is 8.98 Å². The molecule has 0 saturated carbocycles. The zero-order chi connectivity index (χ0) is 16.7. The number of carbonyl (C=O) groups excluding carboxylic acids is 1. The minimum atomic E-state index is -0.410. The first kappa shape index (κ1) is 17.8. The fourth-order valence-corrected chi connectivity index (χ4v) is 2.91. The molecule has 0 aromatic heterocycles. The third-order valence-electron chi connectivity index (χ3n) is 2.67. The summed E-state index contributed by atoms with van der Waals surface area (Å²) < 4.78 is 6.18. The predicted molar refractivity (Wildman–Crippen MR) is 101 cm³/mol. The molecule has 0 unspecified atom stereocenters. The summed E-state index contributed by atoms with van der Waals surface area (Å²) in [6.07, 6.45) is 1.13. The van der Waals surface area contributed by atoms with E-state index in [2.05, 4.69) is 27.5 Å². The van der Waals surface area contributed by atoms with Crippen molar-refractivity contribution in [1.82, 2.24) is 0 Å². The molecule has 1 amide bonds. The van der Waals surface area contributed by atoms with Crippen LogP contribution < -0.4 is 0 Å². The molecular formula is C17H14BrNO2S2. The fourth-order valence-electron chi connectivity index (χ4n) is 1.50. The predicted octanol–water partition coefficient (Wildman–Crippen LogP) is 5.64. The molecule has 6 heteroatoms. The third kappa shape index (κ3) is 6.25. The van der Waals surface area contributed by atoms with Crippen molar-refractivity contribution in [2.75, 3.05) is 0 Å². The molecule has 0 aliphatic rings. The van der Waals surface area contributed by atoms with Crippen molar-refractivity contribution in [2.45, 2.75) is 16.7 Å². The van der Waals surface area contributed by atoms with Crippen LogP contribution in [0.25, 0.3) is 0 Å². The molecule has 23 heavy (non-hydrogen) atoms. The van der Waals surface area contributed by atoms with E-state index in [4.69, 9.17) is 4.18 Å². The van der Waals surface area contributed by atoms with Gasteiger partial charge in [0.05, 0.1) is 16.9 Å². The van der Waals surface area contributed by atoms with E-state index in [0.717, 1.165) is 32.7 Å². The average molecular weight is 408 g/mol. The maximum absolute atomic E-state index is 11.9. The normalized spacial score (nSPS) is 10.7. The number of halogens is 1. The van der Waals surface area contributed by atoms with Gasteiger partial charge in [-0.1, -0.05) is 52.0 Å². The highest BCUT2D eigenvalue weighted by molar-refractivity contribution is 9.10. The summed E-state index contributed by atoms with van der Waals surface area (Å²) in [4.78, 5) is 17.8. The fraction of sp³-hybridized carbons (Fsp3) is 0.0588. The molecule has 3 nitrogen and oxygen atoms in total. The lowest BCUT2D eigenvalue weighted by Crippen LogP contribution is -1.95. The first-order valence-electron chi connectivity index (χ1n) is 6.64. The molecule has 0 N–H and O–H groups in total. The summed E-state index contributed by atoms with van der Waals surface area (Å²) in [6, 6.07) is 15.5. The van der Waals surface area contributed by atoms with E-state index in [1.54, 1.807) is 0 Å². The summed E-state index contributed by atoms with van der Waals surface area (Å²) in [5.41, 5.74) is 1.17. The Kier molecular flexibility index (Phi) is 6.95. The van der Waals surface area contributed by atoms with E-state index in [-0.39, 0.29) is 0 Å². The van der Waals surface area contributed by atoms with Crippen LogP contribution in [-0.2, 0) is 8.98 Å². The maximum Gasteiger partial charge on any atom is 0.285 e. The van der Waals surface area contributed by atoms with Crippen LogP contribution >= 0.6 is 39.7 Å². The number of hydrogen-bond donors (Lipinski definition) is 0. The van der Waals surface area contributed by atoms with Gasteiger partial charge in [0.25, 0.3) is 5.91 Å². The monoisotopic (exact) mass is 407 g/mol. The Morgan fingerprint density at radius 1 is 1.13 bits per heavy atom. The molecule has 2 aromatic rings. The second kappa shape index (κ2) is 8.96. The summed E-state index contributed by atoms with van der Waals surface area (Å²) in [5, 5.41) is 0. The third-order valence-corrected chi connectivity index (χ3v) is 4.78. The number of aryl methyl sites for hydroxylation is 1. The molecule has 0 radical (unpaired) electrons. The first-order chi connectivity index (χ1) is 11.0. The van der Waals surface area contributed by atoms with Gasteiger partial charge >= 0.3 is 0 Å². The lowest BCUT2D eigenvalue weighted by atomic mass is 10.2. The van der Waals surface area contributed by atoms with E-state index in [9.17, 15) is 4.79 Å². The van der Waals surface area contributed by atoms with Crippen molar-refractivity contribution in [3.63, 3.8) is 0 Å². The SMILES string of the molecule is C=C(Sc1ccc(C)cc1)C(=O)N=COSc1ccc(Br)cc1. The summed E-state index contributed by atoms with van der Waals surface area (Å²) in [7, 11) is 0. The van der Waals surface area contributed by atoms with E-state index < -0.39 is 5.91 Å². The Labute approximate surface area is 152 Å². The minimum Gasteiger partial charge on any atom is -0.408 e. The van der Waals surface area contributed by atoms with Gasteiger partial charge in [-0.05, 0) is 43.3 Å². The van der Waals surface area contributed by atoms with Crippen LogP contribution in [-0.4, -0.2) is 12.3 Å². The summed E-state index contributed by atoms with van der Waals surface area (Å²) >= 11 is 5.78. The quantitative estimate of drug-likeness (QED) is 0.204. The van der Waals surface area contributed by atoms with E-state index in [1.165, 1.54) is 17.3 Å². The van der Waals surface area contributed by atoms with E-state index in [1.807, 2.05) is 55.5 Å². The van der Waals surface area contributed by atoms with Crippen molar-refractivity contribution >= 4 is 52.0 Å². The highest BCUT2D eigenvalue weighted by Crippen LogP contribution is 2.26. The second-order valence-electron chi connectivity index (χ2n) is 4.51. The molecule has 0 aliphatic carbocycles. The lowest BCUT2D eigenvalue weighted by molar-refractivity contribution is -0.113. The van der Waals surface area contributed by atoms with Gasteiger partial charge in [-0.15, -0.1) is 0 Å². The molecule has 0 atom stereocenters. The molecular weight excluding hydrogens is 394 g/mol. The molecule has 0 fully saturated rings. The zero-order valence-electron chi connectivity index (χ0n) is 12.4. The second-order valence-corrected chi connectivity index (χ2v) is 7.43. The van der Waals surface area contributed by atoms with Gasteiger partial charge in [-0.3, -0.25) is 4.79 Å². The largest absolute Gasteiger partial charge is 0.408 e. The Morgan fingerprint density at radius 2 is 1.74 bits per heavy atom. The van der Waals surface area contributed by atoms with Gasteiger partial charge in [0, 0.05) is 14.3 Å². The highest BCUT2D eigenvalue weighted by atomic mass is 79.9. The Balaban J connectivity index is 1.79. The minimum absolute atomic E-state index is 0.349. The van der Waals surface area contributed by atoms with Crippen LogP contribution in [0.2, 0.25) is 0 Å². The maximum atomic E-state index is 11.9. The molecule has 2 rings (SSSR count). The molecule has 118 valence electrons. The highest BCUT2D eigenvalue weighted by Gasteiger charge is 2.07.